The number of nitrogens with zero attached hydrogens (tertiary/aromatic N) is 2. The van der Waals surface area contributed by atoms with Crippen molar-refractivity contribution in [2.45, 2.75) is 31.8 Å². The van der Waals surface area contributed by atoms with E-state index in [0.717, 1.165) is 34.6 Å². The summed E-state index contributed by atoms with van der Waals surface area (Å²) in [5.74, 6) is 0.0247. The van der Waals surface area contributed by atoms with E-state index in [4.69, 9.17) is 14.1 Å². The van der Waals surface area contributed by atoms with Gasteiger partial charge in [-0.2, -0.15) is 0 Å². The van der Waals surface area contributed by atoms with Gasteiger partial charge in [0.05, 0.1) is 34.7 Å². The molecule has 2 unspecified atom stereocenters. The van der Waals surface area contributed by atoms with Gasteiger partial charge in [-0.25, -0.2) is 14.6 Å². The molecule has 8 nitrogen and oxygen atoms in total. The largest absolute Gasteiger partial charge is 0.467 e. The number of carbonyl (C=O) groups is 2. The Morgan fingerprint density at radius 2 is 2.19 bits per heavy atom. The molecule has 9 heteroatoms. The lowest BCUT2D eigenvalue weighted by molar-refractivity contribution is -0.139. The summed E-state index contributed by atoms with van der Waals surface area (Å²) in [6, 6.07) is 10.7. The number of furan rings is 1. The molecule has 0 aliphatic carbocycles. The number of thiazole rings is 1. The number of aromatic nitrogens is 1. The first kappa shape index (κ1) is 20.7. The molecule has 0 spiro atoms. The van der Waals surface area contributed by atoms with Crippen molar-refractivity contribution in [3.63, 3.8) is 0 Å². The molecule has 2 amide bonds. The molecule has 3 aromatic rings. The summed E-state index contributed by atoms with van der Waals surface area (Å²) in [7, 11) is 0. The van der Waals surface area contributed by atoms with Crippen molar-refractivity contribution in [3.05, 3.63) is 64.7 Å². The fourth-order valence-electron chi connectivity index (χ4n) is 4.39. The van der Waals surface area contributed by atoms with Gasteiger partial charge >= 0.3 is 12.0 Å². The smallest absolute Gasteiger partial charge is 0.338 e. The van der Waals surface area contributed by atoms with Crippen molar-refractivity contribution < 1.29 is 18.7 Å². The van der Waals surface area contributed by atoms with Crippen molar-refractivity contribution in [2.75, 3.05) is 19.7 Å². The molecule has 2 N–H and O–H groups in total. The summed E-state index contributed by atoms with van der Waals surface area (Å²) in [5.41, 5.74) is 1.91. The first-order valence-electron chi connectivity index (χ1n) is 10.7. The molecule has 0 radical (unpaired) electrons. The van der Waals surface area contributed by atoms with Crippen LogP contribution in [0.4, 0.5) is 4.79 Å². The van der Waals surface area contributed by atoms with Gasteiger partial charge in [0.1, 0.15) is 16.8 Å². The van der Waals surface area contributed by atoms with E-state index in [0.29, 0.717) is 23.6 Å². The molecule has 1 saturated heterocycles. The second-order valence-electron chi connectivity index (χ2n) is 7.81. The number of nitrogens with one attached hydrogen (secondary N) is 2. The Kier molecular flexibility index (Phi) is 5.67. The van der Waals surface area contributed by atoms with E-state index in [1.165, 1.54) is 6.26 Å². The minimum Gasteiger partial charge on any atom is -0.467 e. The topological polar surface area (TPSA) is 96.7 Å². The summed E-state index contributed by atoms with van der Waals surface area (Å²) in [4.78, 5) is 32.5. The van der Waals surface area contributed by atoms with Crippen LogP contribution >= 0.6 is 11.3 Å². The van der Waals surface area contributed by atoms with Crippen LogP contribution in [0.3, 0.4) is 0 Å². The molecule has 32 heavy (non-hydrogen) atoms. The number of para-hydroxylation sites is 1. The van der Waals surface area contributed by atoms with Crippen molar-refractivity contribution in [1.82, 2.24) is 20.5 Å². The van der Waals surface area contributed by atoms with Gasteiger partial charge in [-0.15, -0.1) is 11.3 Å². The Bertz CT molecular complexity index is 1140. The summed E-state index contributed by atoms with van der Waals surface area (Å²) in [6.07, 6.45) is 3.53. The van der Waals surface area contributed by atoms with Crippen LogP contribution in [0.5, 0.6) is 0 Å². The van der Waals surface area contributed by atoms with E-state index in [1.807, 2.05) is 18.2 Å². The highest BCUT2D eigenvalue weighted by atomic mass is 32.1. The summed E-state index contributed by atoms with van der Waals surface area (Å²) in [6.45, 7) is 3.28. The highest BCUT2D eigenvalue weighted by Crippen LogP contribution is 2.37. The fourth-order valence-corrected chi connectivity index (χ4v) is 5.53. The number of hydrogen-bond acceptors (Lipinski definition) is 7. The summed E-state index contributed by atoms with van der Waals surface area (Å²) < 4.78 is 12.0. The van der Waals surface area contributed by atoms with Crippen LogP contribution in [0, 0.1) is 0 Å². The number of amides is 2. The molecule has 2 aliphatic rings. The number of urea groups is 1. The second-order valence-corrected chi connectivity index (χ2v) is 8.87. The van der Waals surface area contributed by atoms with Crippen molar-refractivity contribution in [3.8, 4) is 0 Å². The standard InChI is InChI=1S/C23H24N4O4S/c1-2-30-22(28)19-15(25-23(29)26-20(19)17-9-6-12-31-17)13-27-11-5-8-16(27)21-24-14-7-3-4-10-18(14)32-21/h3-4,6-7,9-10,12,16,20H,2,5,8,11,13H2,1H3,(H2,25,26,29). The van der Waals surface area contributed by atoms with Gasteiger partial charge < -0.3 is 19.8 Å². The zero-order valence-corrected chi connectivity index (χ0v) is 18.5. The third-order valence-electron chi connectivity index (χ3n) is 5.80. The first-order valence-corrected chi connectivity index (χ1v) is 11.6. The maximum Gasteiger partial charge on any atom is 0.338 e. The highest BCUT2D eigenvalue weighted by molar-refractivity contribution is 7.18. The van der Waals surface area contributed by atoms with Gasteiger partial charge in [-0.1, -0.05) is 12.1 Å². The van der Waals surface area contributed by atoms with Crippen LogP contribution in [0.2, 0.25) is 0 Å². The van der Waals surface area contributed by atoms with Crippen LogP contribution in [0.25, 0.3) is 10.2 Å². The molecule has 0 bridgehead atoms. The number of hydrogen-bond donors (Lipinski definition) is 2. The predicted molar refractivity (Wildman–Crippen MR) is 120 cm³/mol. The van der Waals surface area contributed by atoms with Gasteiger partial charge in [-0.3, -0.25) is 4.90 Å². The lowest BCUT2D eigenvalue weighted by atomic mass is 9.99. The maximum absolute atomic E-state index is 12.9. The number of esters is 1. The van der Waals surface area contributed by atoms with E-state index in [1.54, 1.807) is 30.4 Å². The molecule has 0 saturated carbocycles. The second kappa shape index (κ2) is 8.76. The summed E-state index contributed by atoms with van der Waals surface area (Å²) in [5, 5.41) is 6.70. The van der Waals surface area contributed by atoms with Crippen LogP contribution in [-0.4, -0.2) is 41.6 Å². The first-order chi connectivity index (χ1) is 15.6. The highest BCUT2D eigenvalue weighted by Gasteiger charge is 2.37. The molecule has 1 aromatic carbocycles. The third-order valence-corrected chi connectivity index (χ3v) is 6.93. The lowest BCUT2D eigenvalue weighted by Crippen LogP contribution is -2.48. The van der Waals surface area contributed by atoms with E-state index in [2.05, 4.69) is 21.6 Å². The molecule has 2 aromatic heterocycles. The molecule has 2 aliphatic heterocycles. The molecule has 166 valence electrons. The van der Waals surface area contributed by atoms with Crippen LogP contribution in [0.15, 0.2) is 58.3 Å². The fraction of sp³-hybridized carbons (Fsp3) is 0.348. The van der Waals surface area contributed by atoms with E-state index in [-0.39, 0.29) is 18.7 Å². The predicted octanol–water partition coefficient (Wildman–Crippen LogP) is 3.90. The average Bonchev–Trinajstić information content (AvgIpc) is 3.53. The molecule has 4 heterocycles. The van der Waals surface area contributed by atoms with E-state index >= 15 is 0 Å². The van der Waals surface area contributed by atoms with Crippen molar-refractivity contribution in [2.24, 2.45) is 0 Å². The van der Waals surface area contributed by atoms with Crippen LogP contribution < -0.4 is 10.6 Å². The third kappa shape index (κ3) is 3.89. The van der Waals surface area contributed by atoms with Gasteiger partial charge in [0.15, 0.2) is 0 Å². The average molecular weight is 453 g/mol. The molecular weight excluding hydrogens is 428 g/mol. The summed E-state index contributed by atoms with van der Waals surface area (Å²) >= 11 is 1.70. The molecule has 1 fully saturated rings. The molecule has 5 rings (SSSR count). The number of likely N-dealkylation sites (tertiary alicyclic amines) is 1. The van der Waals surface area contributed by atoms with E-state index < -0.39 is 12.0 Å². The SMILES string of the molecule is CCOC(=O)C1=C(CN2CCCC2c2nc3ccccc3s2)NC(=O)NC1c1ccco1. The lowest BCUT2D eigenvalue weighted by Gasteiger charge is -2.31. The Hall–Kier alpha value is -3.17. The zero-order chi connectivity index (χ0) is 22.1. The van der Waals surface area contributed by atoms with Crippen LogP contribution in [-0.2, 0) is 9.53 Å². The van der Waals surface area contributed by atoms with Gasteiger partial charge in [0.2, 0.25) is 0 Å². The quantitative estimate of drug-likeness (QED) is 0.551. The monoisotopic (exact) mass is 452 g/mol. The normalized spacial score (nSPS) is 21.6. The number of carbonyl (C=O) groups excluding carboxylic acids is 2. The Morgan fingerprint density at radius 1 is 1.31 bits per heavy atom. The van der Waals surface area contributed by atoms with Crippen molar-refractivity contribution in [1.29, 1.82) is 0 Å². The maximum atomic E-state index is 12.9. The van der Waals surface area contributed by atoms with Gasteiger partial charge in [-0.05, 0) is 50.6 Å². The number of rotatable bonds is 6. The zero-order valence-electron chi connectivity index (χ0n) is 17.7. The van der Waals surface area contributed by atoms with Gasteiger partial charge in [0, 0.05) is 12.2 Å². The number of fused-ring (bicyclic) bond motifs is 1. The number of benzene rings is 1. The van der Waals surface area contributed by atoms with Crippen molar-refractivity contribution >= 4 is 33.6 Å². The molecular formula is C23H24N4O4S. The Labute approximate surface area is 189 Å². The van der Waals surface area contributed by atoms with E-state index in [9.17, 15) is 9.59 Å². The Balaban J connectivity index is 1.49. The minimum atomic E-state index is -0.698. The number of ether oxygens (including phenoxy) is 1. The van der Waals surface area contributed by atoms with Gasteiger partial charge in [0.25, 0.3) is 0 Å². The Morgan fingerprint density at radius 3 is 2.97 bits per heavy atom. The minimum absolute atomic E-state index is 0.136. The molecule has 2 atom stereocenters. The van der Waals surface area contributed by atoms with Crippen LogP contribution in [0.1, 0.15) is 42.6 Å².